The van der Waals surface area contributed by atoms with Crippen LogP contribution in [0.3, 0.4) is 0 Å². The highest BCUT2D eigenvalue weighted by Gasteiger charge is 2.35. The molecule has 3 rings (SSSR count). The van der Waals surface area contributed by atoms with Gasteiger partial charge in [-0.2, -0.15) is 0 Å². The summed E-state index contributed by atoms with van der Waals surface area (Å²) in [6.07, 6.45) is 0.438. The third kappa shape index (κ3) is 3.64. The van der Waals surface area contributed by atoms with Crippen molar-refractivity contribution in [3.8, 4) is 5.75 Å². The Bertz CT molecular complexity index is 929. The van der Waals surface area contributed by atoms with Gasteiger partial charge in [0.05, 0.1) is 15.9 Å². The van der Waals surface area contributed by atoms with Crippen molar-refractivity contribution in [2.24, 2.45) is 5.10 Å². The number of nitro groups is 2. The van der Waals surface area contributed by atoms with E-state index in [1.807, 2.05) is 6.92 Å². The molecule has 10 nitrogen and oxygen atoms in total. The summed E-state index contributed by atoms with van der Waals surface area (Å²) in [5, 5.41) is 37.8. The fourth-order valence-corrected chi connectivity index (χ4v) is 2.73. The van der Waals surface area contributed by atoms with Crippen molar-refractivity contribution in [1.82, 2.24) is 0 Å². The Morgan fingerprint density at radius 1 is 1.19 bits per heavy atom. The highest BCUT2D eigenvalue weighted by Crippen LogP contribution is 2.40. The summed E-state index contributed by atoms with van der Waals surface area (Å²) >= 11 is 0. The zero-order valence-electron chi connectivity index (χ0n) is 14.3. The van der Waals surface area contributed by atoms with Crippen molar-refractivity contribution in [2.45, 2.75) is 26.0 Å². The molecule has 2 aromatic rings. The molecule has 140 valence electrons. The minimum absolute atomic E-state index is 0.0122. The molecule has 0 bridgehead atoms. The lowest BCUT2D eigenvalue weighted by molar-refractivity contribution is -0.393. The molecule has 0 fully saturated rings. The van der Waals surface area contributed by atoms with Crippen molar-refractivity contribution < 1.29 is 19.7 Å². The summed E-state index contributed by atoms with van der Waals surface area (Å²) in [5.41, 5.74) is -0.251. The molecule has 0 amide bonds. The van der Waals surface area contributed by atoms with Crippen LogP contribution in [0.2, 0.25) is 0 Å². The van der Waals surface area contributed by atoms with E-state index in [1.54, 1.807) is 12.1 Å². The van der Waals surface area contributed by atoms with Crippen molar-refractivity contribution in [3.05, 3.63) is 68.3 Å². The number of nitrogens with zero attached hydrogens (tertiary/aromatic N) is 4. The largest absolute Gasteiger partial charge is 0.508 e. The molecule has 1 aliphatic rings. The highest BCUT2D eigenvalue weighted by atomic mass is 16.6. The SMILES string of the molecule is CCCC1=NN(c2ccc([N+](=O)[O-])cc2[N+](=O)[O-])C(c2cccc(O)c2)O1. The second kappa shape index (κ2) is 7.28. The first-order valence-corrected chi connectivity index (χ1v) is 8.16. The molecule has 10 heteroatoms. The molecule has 1 aliphatic heterocycles. The van der Waals surface area contributed by atoms with E-state index in [9.17, 15) is 25.3 Å². The van der Waals surface area contributed by atoms with Crippen LogP contribution in [0.1, 0.15) is 31.6 Å². The summed E-state index contributed by atoms with van der Waals surface area (Å²) in [6.45, 7) is 1.94. The van der Waals surface area contributed by atoms with Crippen LogP contribution in [0, 0.1) is 20.2 Å². The summed E-state index contributed by atoms with van der Waals surface area (Å²) < 4.78 is 5.83. The first-order chi connectivity index (χ1) is 12.9. The predicted octanol–water partition coefficient (Wildman–Crippen LogP) is 3.86. The Kier molecular flexibility index (Phi) is 4.88. The van der Waals surface area contributed by atoms with Gasteiger partial charge in [0.1, 0.15) is 11.4 Å². The Hall–Kier alpha value is -3.69. The fraction of sp³-hybridized carbons (Fsp3) is 0.235. The number of ether oxygens (including phenoxy) is 1. The molecular formula is C17H16N4O6. The molecule has 0 aliphatic carbocycles. The van der Waals surface area contributed by atoms with Gasteiger partial charge in [-0.25, -0.2) is 5.01 Å². The molecular weight excluding hydrogens is 356 g/mol. The molecule has 0 spiro atoms. The topological polar surface area (TPSA) is 131 Å². The Morgan fingerprint density at radius 3 is 2.59 bits per heavy atom. The van der Waals surface area contributed by atoms with Gasteiger partial charge in [0.25, 0.3) is 5.69 Å². The van der Waals surface area contributed by atoms with E-state index in [-0.39, 0.29) is 11.4 Å². The van der Waals surface area contributed by atoms with Crippen LogP contribution in [-0.2, 0) is 4.74 Å². The molecule has 1 heterocycles. The smallest absolute Gasteiger partial charge is 0.301 e. The summed E-state index contributed by atoms with van der Waals surface area (Å²) in [5.74, 6) is 0.400. The second-order valence-corrected chi connectivity index (χ2v) is 5.84. The molecule has 1 unspecified atom stereocenters. The van der Waals surface area contributed by atoms with Crippen LogP contribution in [0.25, 0.3) is 0 Å². The van der Waals surface area contributed by atoms with E-state index in [2.05, 4.69) is 5.10 Å². The van der Waals surface area contributed by atoms with E-state index in [0.29, 0.717) is 17.9 Å². The van der Waals surface area contributed by atoms with Crippen LogP contribution in [-0.4, -0.2) is 20.9 Å². The second-order valence-electron chi connectivity index (χ2n) is 5.84. The molecule has 0 radical (unpaired) electrons. The van der Waals surface area contributed by atoms with Crippen LogP contribution >= 0.6 is 0 Å². The Morgan fingerprint density at radius 2 is 1.96 bits per heavy atom. The Balaban J connectivity index is 2.10. The van der Waals surface area contributed by atoms with Crippen molar-refractivity contribution in [2.75, 3.05) is 5.01 Å². The van der Waals surface area contributed by atoms with E-state index in [0.717, 1.165) is 12.5 Å². The minimum atomic E-state index is -0.834. The number of non-ortho nitro benzene ring substituents is 1. The molecule has 0 aromatic heterocycles. The zero-order valence-corrected chi connectivity index (χ0v) is 14.3. The van der Waals surface area contributed by atoms with E-state index in [1.165, 1.54) is 29.3 Å². The van der Waals surface area contributed by atoms with Gasteiger partial charge >= 0.3 is 5.69 Å². The Labute approximate surface area is 153 Å². The average Bonchev–Trinajstić information content (AvgIpc) is 3.05. The monoisotopic (exact) mass is 372 g/mol. The van der Waals surface area contributed by atoms with Crippen LogP contribution < -0.4 is 5.01 Å². The van der Waals surface area contributed by atoms with Gasteiger partial charge in [0, 0.05) is 18.1 Å². The summed E-state index contributed by atoms with van der Waals surface area (Å²) in [7, 11) is 0. The number of rotatable bonds is 6. The standard InChI is InChI=1S/C17H16N4O6/c1-2-4-16-18-19(17(27-16)11-5-3-6-13(22)9-11)14-8-7-12(20(23)24)10-15(14)21(25)26/h3,5-10,17,22H,2,4H2,1H3. The molecule has 27 heavy (non-hydrogen) atoms. The first kappa shape index (κ1) is 18.1. The number of hydrogen-bond acceptors (Lipinski definition) is 8. The molecule has 1 atom stereocenters. The van der Waals surface area contributed by atoms with Crippen molar-refractivity contribution in [1.29, 1.82) is 0 Å². The number of phenolic OH excluding ortho intramolecular Hbond substituents is 1. The summed E-state index contributed by atoms with van der Waals surface area (Å²) in [4.78, 5) is 21.0. The quantitative estimate of drug-likeness (QED) is 0.601. The van der Waals surface area contributed by atoms with Crippen molar-refractivity contribution >= 4 is 23.0 Å². The van der Waals surface area contributed by atoms with Crippen LogP contribution in [0.5, 0.6) is 5.75 Å². The maximum Gasteiger partial charge on any atom is 0.301 e. The maximum atomic E-state index is 11.5. The first-order valence-electron chi connectivity index (χ1n) is 8.16. The molecule has 1 N–H and O–H groups in total. The maximum absolute atomic E-state index is 11.5. The average molecular weight is 372 g/mol. The van der Waals surface area contributed by atoms with E-state index in [4.69, 9.17) is 4.74 Å². The lowest BCUT2D eigenvalue weighted by atomic mass is 10.1. The number of benzene rings is 2. The third-order valence-corrected chi connectivity index (χ3v) is 3.92. The van der Waals surface area contributed by atoms with E-state index < -0.39 is 27.4 Å². The van der Waals surface area contributed by atoms with Crippen LogP contribution in [0.15, 0.2) is 47.6 Å². The van der Waals surface area contributed by atoms with Crippen molar-refractivity contribution in [3.63, 3.8) is 0 Å². The summed E-state index contributed by atoms with van der Waals surface area (Å²) in [6, 6.07) is 9.61. The molecule has 0 saturated heterocycles. The van der Waals surface area contributed by atoms with Gasteiger partial charge in [0.15, 0.2) is 0 Å². The van der Waals surface area contributed by atoms with E-state index >= 15 is 0 Å². The van der Waals surface area contributed by atoms with Gasteiger partial charge in [-0.1, -0.05) is 19.1 Å². The number of nitro benzene ring substituents is 2. The van der Waals surface area contributed by atoms with Gasteiger partial charge in [-0.3, -0.25) is 20.2 Å². The van der Waals surface area contributed by atoms with Gasteiger partial charge in [-0.15, -0.1) is 5.10 Å². The number of aromatic hydroxyl groups is 1. The number of hydrogen-bond donors (Lipinski definition) is 1. The van der Waals surface area contributed by atoms with Gasteiger partial charge in [-0.05, 0) is 24.6 Å². The normalized spacial score (nSPS) is 16.0. The number of anilines is 1. The number of phenols is 1. The van der Waals surface area contributed by atoms with Gasteiger partial charge < -0.3 is 9.84 Å². The lowest BCUT2D eigenvalue weighted by Gasteiger charge is -2.22. The molecule has 0 saturated carbocycles. The zero-order chi connectivity index (χ0) is 19.6. The number of hydrazone groups is 1. The highest BCUT2D eigenvalue weighted by molar-refractivity contribution is 5.81. The predicted molar refractivity (Wildman–Crippen MR) is 96.5 cm³/mol. The fourth-order valence-electron chi connectivity index (χ4n) is 2.73. The minimum Gasteiger partial charge on any atom is -0.508 e. The molecule has 2 aromatic carbocycles. The lowest BCUT2D eigenvalue weighted by Crippen LogP contribution is -2.21. The van der Waals surface area contributed by atoms with Gasteiger partial charge in [0.2, 0.25) is 12.1 Å². The van der Waals surface area contributed by atoms with Crippen LogP contribution in [0.4, 0.5) is 17.1 Å². The third-order valence-electron chi connectivity index (χ3n) is 3.92.